The molecular formula is C16H19N3O. The van der Waals surface area contributed by atoms with Crippen molar-refractivity contribution in [2.45, 2.75) is 37.5 Å². The van der Waals surface area contributed by atoms with Crippen LogP contribution in [-0.4, -0.2) is 17.2 Å². The molecule has 4 heteroatoms. The number of hydrogen-bond donors (Lipinski definition) is 2. The third kappa shape index (κ3) is 1.92. The minimum atomic E-state index is 0.162. The fraction of sp³-hybridized carbons (Fsp3) is 0.438. The number of aromatic nitrogens is 1. The normalized spacial score (nSPS) is 29.9. The highest BCUT2D eigenvalue weighted by Gasteiger charge is 2.44. The number of fused-ring (bicyclic) bond motifs is 3. The van der Waals surface area contributed by atoms with E-state index in [0.717, 1.165) is 17.3 Å². The molecule has 1 aromatic carbocycles. The van der Waals surface area contributed by atoms with Crippen molar-refractivity contribution in [3.63, 3.8) is 0 Å². The van der Waals surface area contributed by atoms with Crippen LogP contribution in [0.15, 0.2) is 36.5 Å². The molecule has 4 rings (SSSR count). The van der Waals surface area contributed by atoms with Crippen molar-refractivity contribution in [1.29, 1.82) is 0 Å². The first-order chi connectivity index (χ1) is 9.85. The van der Waals surface area contributed by atoms with Crippen LogP contribution in [0.3, 0.4) is 0 Å². The van der Waals surface area contributed by atoms with Gasteiger partial charge in [-0.1, -0.05) is 12.1 Å². The van der Waals surface area contributed by atoms with Crippen LogP contribution in [0.2, 0.25) is 0 Å². The Labute approximate surface area is 118 Å². The zero-order valence-electron chi connectivity index (χ0n) is 11.3. The van der Waals surface area contributed by atoms with Gasteiger partial charge in [-0.3, -0.25) is 16.3 Å². The van der Waals surface area contributed by atoms with Gasteiger partial charge in [-0.15, -0.1) is 0 Å². The first-order valence-electron chi connectivity index (χ1n) is 7.31. The topological polar surface area (TPSA) is 60.2 Å². The van der Waals surface area contributed by atoms with Crippen LogP contribution in [-0.2, 0) is 4.74 Å². The number of benzene rings is 1. The Hall–Kier alpha value is -1.49. The van der Waals surface area contributed by atoms with Crippen molar-refractivity contribution >= 4 is 10.9 Å². The number of ether oxygens (including phenoxy) is 1. The molecule has 0 saturated carbocycles. The standard InChI is InChI=1S/C16H19N3O/c17-19-16(13-9-12-4-6-15(13)20-12)11-3-5-14-10(8-11)2-1-7-18-14/h1-3,5,7-8,12-13,15-16,19H,4,6,9,17H2. The van der Waals surface area contributed by atoms with E-state index in [0.29, 0.717) is 18.1 Å². The fourth-order valence-electron chi connectivity index (χ4n) is 3.78. The van der Waals surface area contributed by atoms with Crippen LogP contribution in [0.5, 0.6) is 0 Å². The monoisotopic (exact) mass is 269 g/mol. The Balaban J connectivity index is 1.68. The van der Waals surface area contributed by atoms with E-state index in [1.54, 1.807) is 0 Å². The number of hydrazine groups is 1. The highest BCUT2D eigenvalue weighted by Crippen LogP contribution is 2.44. The third-order valence-electron chi connectivity index (χ3n) is 4.75. The number of nitrogens with zero attached hydrogens (tertiary/aromatic N) is 1. The molecule has 2 saturated heterocycles. The first kappa shape index (κ1) is 12.3. The Morgan fingerprint density at radius 2 is 2.25 bits per heavy atom. The van der Waals surface area contributed by atoms with Gasteiger partial charge in [0.05, 0.1) is 23.8 Å². The molecule has 4 atom stereocenters. The van der Waals surface area contributed by atoms with Gasteiger partial charge in [-0.05, 0) is 43.0 Å². The second-order valence-corrected chi connectivity index (χ2v) is 5.87. The molecular weight excluding hydrogens is 250 g/mol. The van der Waals surface area contributed by atoms with Gasteiger partial charge >= 0.3 is 0 Å². The molecule has 1 aromatic heterocycles. The fourth-order valence-corrected chi connectivity index (χ4v) is 3.78. The summed E-state index contributed by atoms with van der Waals surface area (Å²) in [6, 6.07) is 10.6. The lowest BCUT2D eigenvalue weighted by atomic mass is 9.81. The predicted octanol–water partition coefficient (Wildman–Crippen LogP) is 2.31. The lowest BCUT2D eigenvalue weighted by Gasteiger charge is -2.28. The summed E-state index contributed by atoms with van der Waals surface area (Å²) >= 11 is 0. The summed E-state index contributed by atoms with van der Waals surface area (Å²) in [5, 5.41) is 1.16. The van der Waals surface area contributed by atoms with Crippen LogP contribution in [0.1, 0.15) is 30.9 Å². The summed E-state index contributed by atoms with van der Waals surface area (Å²) in [7, 11) is 0. The van der Waals surface area contributed by atoms with E-state index in [9.17, 15) is 0 Å². The summed E-state index contributed by atoms with van der Waals surface area (Å²) in [5.41, 5.74) is 5.26. The maximum Gasteiger partial charge on any atom is 0.0702 e. The molecule has 4 nitrogen and oxygen atoms in total. The molecule has 2 aliphatic rings. The van der Waals surface area contributed by atoms with Gasteiger partial charge in [0.15, 0.2) is 0 Å². The van der Waals surface area contributed by atoms with Crippen molar-refractivity contribution in [2.75, 3.05) is 0 Å². The Bertz CT molecular complexity index is 630. The highest BCUT2D eigenvalue weighted by atomic mass is 16.5. The van der Waals surface area contributed by atoms with Crippen LogP contribution in [0.4, 0.5) is 0 Å². The molecule has 104 valence electrons. The van der Waals surface area contributed by atoms with Gasteiger partial charge in [0, 0.05) is 17.5 Å². The summed E-state index contributed by atoms with van der Waals surface area (Å²) in [6.07, 6.45) is 6.13. The molecule has 0 aliphatic carbocycles. The minimum absolute atomic E-state index is 0.162. The van der Waals surface area contributed by atoms with E-state index in [-0.39, 0.29) is 6.04 Å². The smallest absolute Gasteiger partial charge is 0.0702 e. The minimum Gasteiger partial charge on any atom is -0.375 e. The Morgan fingerprint density at radius 1 is 1.30 bits per heavy atom. The van der Waals surface area contributed by atoms with E-state index in [4.69, 9.17) is 10.6 Å². The molecule has 20 heavy (non-hydrogen) atoms. The van der Waals surface area contributed by atoms with E-state index in [2.05, 4.69) is 34.7 Å². The lowest BCUT2D eigenvalue weighted by Crippen LogP contribution is -2.37. The molecule has 2 bridgehead atoms. The summed E-state index contributed by atoms with van der Waals surface area (Å²) in [4.78, 5) is 4.37. The largest absolute Gasteiger partial charge is 0.375 e. The SMILES string of the molecule is NNC(c1ccc2ncccc2c1)C1CC2CCC1O2. The van der Waals surface area contributed by atoms with E-state index in [1.807, 2.05) is 12.3 Å². The van der Waals surface area contributed by atoms with Crippen molar-refractivity contribution in [2.24, 2.45) is 11.8 Å². The van der Waals surface area contributed by atoms with Crippen LogP contribution in [0, 0.1) is 5.92 Å². The van der Waals surface area contributed by atoms with Crippen LogP contribution < -0.4 is 11.3 Å². The van der Waals surface area contributed by atoms with Gasteiger partial charge in [0.25, 0.3) is 0 Å². The highest BCUT2D eigenvalue weighted by molar-refractivity contribution is 5.79. The van der Waals surface area contributed by atoms with Gasteiger partial charge < -0.3 is 4.74 Å². The Kier molecular flexibility index (Phi) is 2.95. The lowest BCUT2D eigenvalue weighted by molar-refractivity contribution is 0.0857. The van der Waals surface area contributed by atoms with Gasteiger partial charge in [-0.2, -0.15) is 0 Å². The molecule has 2 aliphatic heterocycles. The summed E-state index contributed by atoms with van der Waals surface area (Å²) in [6.45, 7) is 0. The summed E-state index contributed by atoms with van der Waals surface area (Å²) in [5.74, 6) is 6.32. The van der Waals surface area contributed by atoms with Crippen LogP contribution >= 0.6 is 0 Å². The van der Waals surface area contributed by atoms with Crippen molar-refractivity contribution in [3.05, 3.63) is 42.1 Å². The number of rotatable bonds is 3. The molecule has 3 N–H and O–H groups in total. The maximum atomic E-state index is 5.97. The predicted molar refractivity (Wildman–Crippen MR) is 77.8 cm³/mol. The van der Waals surface area contributed by atoms with E-state index in [1.165, 1.54) is 18.4 Å². The average molecular weight is 269 g/mol. The average Bonchev–Trinajstić information content (AvgIpc) is 3.11. The van der Waals surface area contributed by atoms with Gasteiger partial charge in [0.2, 0.25) is 0 Å². The molecule has 0 spiro atoms. The molecule has 0 amide bonds. The molecule has 2 aromatic rings. The third-order valence-corrected chi connectivity index (χ3v) is 4.75. The molecule has 2 fully saturated rings. The van der Waals surface area contributed by atoms with Gasteiger partial charge in [0.1, 0.15) is 0 Å². The molecule has 0 radical (unpaired) electrons. The van der Waals surface area contributed by atoms with Crippen molar-refractivity contribution < 1.29 is 4.74 Å². The number of nitrogens with two attached hydrogens (primary N) is 1. The van der Waals surface area contributed by atoms with Crippen molar-refractivity contribution in [1.82, 2.24) is 10.4 Å². The number of hydrogen-bond acceptors (Lipinski definition) is 4. The number of nitrogens with one attached hydrogen (secondary N) is 1. The first-order valence-corrected chi connectivity index (χ1v) is 7.31. The zero-order chi connectivity index (χ0) is 13.5. The van der Waals surface area contributed by atoms with E-state index < -0.39 is 0 Å². The number of pyridine rings is 1. The Morgan fingerprint density at radius 3 is 3.00 bits per heavy atom. The van der Waals surface area contributed by atoms with Crippen LogP contribution in [0.25, 0.3) is 10.9 Å². The second kappa shape index (κ2) is 4.81. The van der Waals surface area contributed by atoms with Crippen molar-refractivity contribution in [3.8, 4) is 0 Å². The summed E-state index contributed by atoms with van der Waals surface area (Å²) < 4.78 is 5.97. The second-order valence-electron chi connectivity index (χ2n) is 5.87. The molecule has 4 unspecified atom stereocenters. The molecule has 3 heterocycles. The zero-order valence-corrected chi connectivity index (χ0v) is 11.3. The maximum absolute atomic E-state index is 5.97. The van der Waals surface area contributed by atoms with Gasteiger partial charge in [-0.25, -0.2) is 0 Å². The quantitative estimate of drug-likeness (QED) is 0.663. The van der Waals surface area contributed by atoms with E-state index >= 15 is 0 Å².